The van der Waals surface area contributed by atoms with Crippen molar-refractivity contribution in [3.8, 4) is 50.1 Å². The number of hydrogen-bond acceptors (Lipinski definition) is 9. The molecule has 7 aromatic heterocycles. The largest absolute Gasteiger partial charge is 0.274 e. The Morgan fingerprint density at radius 2 is 0.750 bits per heavy atom. The highest BCUT2D eigenvalue weighted by Gasteiger charge is 2.42. The molecule has 454 valence electrons. The summed E-state index contributed by atoms with van der Waals surface area (Å²) in [4.78, 5) is 45.7. The number of carbonyl (C=O) groups excluding carboxylic acids is 2. The molecule has 1 aromatic carbocycles. The molecule has 8 heterocycles. The lowest BCUT2D eigenvalue weighted by molar-refractivity contribution is 0.0651. The van der Waals surface area contributed by atoms with Gasteiger partial charge in [-0.2, -0.15) is 0 Å². The molecule has 10 heteroatoms. The highest BCUT2D eigenvalue weighted by molar-refractivity contribution is 7.31. The molecule has 1 aliphatic rings. The average Bonchev–Trinajstić information content (AvgIpc) is 1.91. The maximum Gasteiger partial charge on any atom is 0.263 e. The summed E-state index contributed by atoms with van der Waals surface area (Å²) < 4.78 is 2.82. The molecule has 0 radical (unpaired) electrons. The minimum Gasteiger partial charge on any atom is -0.274 e. The van der Waals surface area contributed by atoms with E-state index in [2.05, 4.69) is 132 Å². The van der Waals surface area contributed by atoms with E-state index >= 15 is 0 Å². The second-order valence-corrected chi connectivity index (χ2v) is 32.8. The molecular formula is C74H99NO2S7. The second kappa shape index (κ2) is 33.4. The highest BCUT2D eigenvalue weighted by atomic mass is 32.1. The first kappa shape index (κ1) is 65.2. The van der Waals surface area contributed by atoms with Crippen LogP contribution in [0.1, 0.15) is 267 Å². The Balaban J connectivity index is 1.09. The fourth-order valence-corrected chi connectivity index (χ4v) is 21.4. The van der Waals surface area contributed by atoms with Crippen LogP contribution in [0.15, 0.2) is 60.7 Å². The summed E-state index contributed by atoms with van der Waals surface area (Å²) in [5, 5.41) is 2.78. The third-order valence-electron chi connectivity index (χ3n) is 17.8. The Morgan fingerprint density at radius 3 is 1.24 bits per heavy atom. The Hall–Kier alpha value is -3.22. The summed E-state index contributed by atoms with van der Waals surface area (Å²) in [7, 11) is 0. The monoisotopic (exact) mass is 1260 g/mol. The summed E-state index contributed by atoms with van der Waals surface area (Å²) in [5.41, 5.74) is 4.07. The number of fused-ring (bicyclic) bond motifs is 3. The smallest absolute Gasteiger partial charge is 0.263 e. The zero-order chi connectivity index (χ0) is 58.8. The van der Waals surface area contributed by atoms with Crippen molar-refractivity contribution < 1.29 is 9.59 Å². The van der Waals surface area contributed by atoms with Crippen LogP contribution in [0.3, 0.4) is 0 Å². The molecule has 0 N–H and O–H groups in total. The number of unbranched alkanes of at least 4 members (excludes halogenated alkanes) is 21. The van der Waals surface area contributed by atoms with Crippen molar-refractivity contribution in [3.63, 3.8) is 0 Å². The van der Waals surface area contributed by atoms with Crippen molar-refractivity contribution in [2.75, 3.05) is 6.54 Å². The van der Waals surface area contributed by atoms with Gasteiger partial charge < -0.3 is 0 Å². The van der Waals surface area contributed by atoms with Crippen molar-refractivity contribution in [1.29, 1.82) is 0 Å². The molecule has 2 atom stereocenters. The average molecular weight is 1260 g/mol. The predicted octanol–water partition coefficient (Wildman–Crippen LogP) is 27.1. The first-order valence-electron chi connectivity index (χ1n) is 33.5. The van der Waals surface area contributed by atoms with E-state index in [0.29, 0.717) is 17.7 Å². The first-order valence-corrected chi connectivity index (χ1v) is 39.2. The van der Waals surface area contributed by atoms with Crippen molar-refractivity contribution >= 4 is 111 Å². The normalized spacial score (nSPS) is 13.5. The minimum atomic E-state index is -0.114. The van der Waals surface area contributed by atoms with Crippen LogP contribution in [0, 0.1) is 25.7 Å². The van der Waals surface area contributed by atoms with Crippen molar-refractivity contribution in [1.82, 2.24) is 4.90 Å². The zero-order valence-electron chi connectivity index (χ0n) is 52.4. The lowest BCUT2D eigenvalue weighted by Crippen LogP contribution is -2.31. The second-order valence-electron chi connectivity index (χ2n) is 24.8. The Kier molecular flexibility index (Phi) is 25.9. The fourth-order valence-electron chi connectivity index (χ4n) is 13.1. The molecule has 0 saturated carbocycles. The Bertz CT molecular complexity index is 3180. The number of nitrogens with zero attached hydrogens (tertiary/aromatic N) is 1. The molecule has 0 saturated heterocycles. The van der Waals surface area contributed by atoms with Crippen LogP contribution in [0.25, 0.3) is 70.3 Å². The minimum absolute atomic E-state index is 0.113. The van der Waals surface area contributed by atoms with E-state index < -0.39 is 0 Å². The third-order valence-corrected chi connectivity index (χ3v) is 26.1. The van der Waals surface area contributed by atoms with Gasteiger partial charge in [-0.25, -0.2) is 0 Å². The van der Waals surface area contributed by atoms with E-state index in [1.807, 2.05) is 22.7 Å². The summed E-state index contributed by atoms with van der Waals surface area (Å²) in [6, 6.07) is 23.8. The molecule has 3 nitrogen and oxygen atoms in total. The molecular weight excluding hydrogens is 1160 g/mol. The van der Waals surface area contributed by atoms with Gasteiger partial charge in [-0.15, -0.1) is 79.4 Å². The van der Waals surface area contributed by atoms with Crippen LogP contribution in [-0.2, 0) is 12.8 Å². The number of thiophene rings is 7. The molecule has 84 heavy (non-hydrogen) atoms. The molecule has 0 bridgehead atoms. The number of carbonyl (C=O) groups is 2. The predicted molar refractivity (Wildman–Crippen MR) is 380 cm³/mol. The van der Waals surface area contributed by atoms with E-state index in [1.54, 1.807) is 48.7 Å². The van der Waals surface area contributed by atoms with Gasteiger partial charge in [0.25, 0.3) is 11.8 Å². The molecule has 0 aliphatic carbocycles. The SMILES string of the molecule is CCCCCCCCC(CCCCCC)Cc1ccc(-c2c3cc(-c4ccc(-c5sc(-c6ccc(C)s6)c6c5C(=O)N(CCCCCCCC)C6=O)s4)sc3c(-c3ccc(CC(CCCCCC)CCCCCCCC)s3)c3cc(C)sc23)s1. The molecule has 1 aliphatic heterocycles. The molecule has 8 aromatic rings. The van der Waals surface area contributed by atoms with E-state index in [9.17, 15) is 9.59 Å². The van der Waals surface area contributed by atoms with E-state index in [0.717, 1.165) is 50.6 Å². The highest BCUT2D eigenvalue weighted by Crippen LogP contribution is 2.55. The third kappa shape index (κ3) is 16.7. The van der Waals surface area contributed by atoms with Crippen LogP contribution in [-0.4, -0.2) is 23.3 Å². The Labute approximate surface area is 535 Å². The van der Waals surface area contributed by atoms with E-state index in [4.69, 9.17) is 0 Å². The fraction of sp³-hybridized carbons (Fsp3) is 0.568. The lowest BCUT2D eigenvalue weighted by Gasteiger charge is -2.16. The van der Waals surface area contributed by atoms with Gasteiger partial charge in [0.15, 0.2) is 0 Å². The van der Waals surface area contributed by atoms with Gasteiger partial charge in [-0.3, -0.25) is 14.5 Å². The topological polar surface area (TPSA) is 37.4 Å². The quantitative estimate of drug-likeness (QED) is 0.0284. The molecule has 0 fully saturated rings. The summed E-state index contributed by atoms with van der Waals surface area (Å²) in [5.74, 6) is 1.26. The number of benzene rings is 1. The van der Waals surface area contributed by atoms with Gasteiger partial charge in [-0.1, -0.05) is 221 Å². The maximum absolute atomic E-state index is 14.6. The summed E-state index contributed by atoms with van der Waals surface area (Å²) >= 11 is 13.2. The van der Waals surface area contributed by atoms with Crippen LogP contribution in [0.5, 0.6) is 0 Å². The van der Waals surface area contributed by atoms with E-state index in [1.165, 1.54) is 247 Å². The van der Waals surface area contributed by atoms with E-state index in [-0.39, 0.29) is 11.8 Å². The van der Waals surface area contributed by atoms with Crippen molar-refractivity contribution in [2.24, 2.45) is 11.8 Å². The number of rotatable bonds is 40. The molecule has 0 spiro atoms. The van der Waals surface area contributed by atoms with Gasteiger partial charge in [-0.05, 0) is 106 Å². The van der Waals surface area contributed by atoms with Gasteiger partial charge in [0.05, 0.1) is 20.9 Å². The maximum atomic E-state index is 14.6. The number of hydrogen-bond donors (Lipinski definition) is 0. The van der Waals surface area contributed by atoms with Crippen LogP contribution in [0.2, 0.25) is 0 Å². The Morgan fingerprint density at radius 1 is 0.345 bits per heavy atom. The molecule has 2 unspecified atom stereocenters. The molecule has 9 rings (SSSR count). The summed E-state index contributed by atoms with van der Waals surface area (Å²) in [6.45, 7) is 16.5. The number of imide groups is 1. The van der Waals surface area contributed by atoms with Gasteiger partial charge >= 0.3 is 0 Å². The van der Waals surface area contributed by atoms with Crippen LogP contribution in [0.4, 0.5) is 0 Å². The number of amides is 2. The van der Waals surface area contributed by atoms with Gasteiger partial charge in [0.1, 0.15) is 0 Å². The van der Waals surface area contributed by atoms with Crippen molar-refractivity contribution in [3.05, 3.63) is 91.3 Å². The van der Waals surface area contributed by atoms with Crippen LogP contribution < -0.4 is 0 Å². The van der Waals surface area contributed by atoms with Crippen molar-refractivity contribution in [2.45, 2.75) is 254 Å². The summed E-state index contributed by atoms with van der Waals surface area (Å²) in [6.07, 6.45) is 41.5. The van der Waals surface area contributed by atoms with Gasteiger partial charge in [0.2, 0.25) is 0 Å². The first-order chi connectivity index (χ1) is 41.1. The lowest BCUT2D eigenvalue weighted by atomic mass is 9.91. The standard InChI is InChI=1S/C74H99NO2S7/c1-8-13-18-23-26-31-36-53(34-29-21-16-11-4)48-55-39-42-60(80-55)65-57-47-52(7)79-69(57)66(61-43-40-56(81-61)49-54(35-30-22-17-12-5)37-32-27-24-19-14-9-2)58-50-64(83-70(58)65)59-44-45-63(82-59)72-68-67(71(84-72)62-41-38-51(6)78-62)73(76)75(74(68)77)46-33-28-25-20-15-10-3/h38-45,47,50,53-54H,8-37,46,48-49H2,1-7H3. The van der Waals surface area contributed by atoms with Gasteiger partial charge in [0, 0.05) is 86.6 Å². The van der Waals surface area contributed by atoms with Crippen LogP contribution >= 0.6 is 79.4 Å². The number of aryl methyl sites for hydroxylation is 2. The molecule has 2 amide bonds. The zero-order valence-corrected chi connectivity index (χ0v) is 58.1.